The second kappa shape index (κ2) is 6.31. The number of benzene rings is 1. The molecule has 0 aliphatic heterocycles. The standard InChI is InChI=1S/C12H12Br2O3/c1-7(15)11(14)9-5-3-4-8(6-13)10(9)12(16)17-2/h3-5,11H,6H2,1-2H3. The number of rotatable bonds is 4. The van der Waals surface area contributed by atoms with Crippen molar-refractivity contribution in [1.82, 2.24) is 0 Å². The molecule has 17 heavy (non-hydrogen) atoms. The van der Waals surface area contributed by atoms with E-state index < -0.39 is 10.8 Å². The van der Waals surface area contributed by atoms with Gasteiger partial charge in [-0.05, 0) is 18.1 Å². The van der Waals surface area contributed by atoms with Gasteiger partial charge in [0, 0.05) is 5.33 Å². The van der Waals surface area contributed by atoms with Crippen LogP contribution >= 0.6 is 31.9 Å². The maximum absolute atomic E-state index is 11.8. The highest BCUT2D eigenvalue weighted by molar-refractivity contribution is 9.09. The number of hydrogen-bond acceptors (Lipinski definition) is 3. The number of halogens is 2. The molecule has 1 atom stereocenters. The molecule has 1 aromatic carbocycles. The van der Waals surface area contributed by atoms with Gasteiger partial charge in [-0.3, -0.25) is 4.79 Å². The first-order valence-electron chi connectivity index (χ1n) is 4.93. The molecule has 5 heteroatoms. The van der Waals surface area contributed by atoms with Gasteiger partial charge in [0.25, 0.3) is 0 Å². The average molecular weight is 364 g/mol. The summed E-state index contributed by atoms with van der Waals surface area (Å²) in [5.41, 5.74) is 1.89. The molecule has 1 rings (SSSR count). The first-order valence-corrected chi connectivity index (χ1v) is 6.97. The number of hydrogen-bond donors (Lipinski definition) is 0. The Balaban J connectivity index is 3.38. The van der Waals surface area contributed by atoms with E-state index in [4.69, 9.17) is 4.74 Å². The van der Waals surface area contributed by atoms with Crippen LogP contribution in [-0.2, 0) is 14.9 Å². The Morgan fingerprint density at radius 3 is 2.53 bits per heavy atom. The average Bonchev–Trinajstić information content (AvgIpc) is 2.35. The van der Waals surface area contributed by atoms with Crippen LogP contribution in [0.2, 0.25) is 0 Å². The summed E-state index contributed by atoms with van der Waals surface area (Å²) in [4.78, 5) is 22.7. The molecule has 0 N–H and O–H groups in total. The van der Waals surface area contributed by atoms with E-state index in [1.54, 1.807) is 6.07 Å². The summed E-state index contributed by atoms with van der Waals surface area (Å²) in [5, 5.41) is 0.531. The van der Waals surface area contributed by atoms with Gasteiger partial charge in [0.05, 0.1) is 17.5 Å². The Kier molecular flexibility index (Phi) is 5.33. The Hall–Kier alpha value is -0.680. The van der Waals surface area contributed by atoms with Gasteiger partial charge < -0.3 is 4.74 Å². The van der Waals surface area contributed by atoms with E-state index in [1.807, 2.05) is 12.1 Å². The van der Waals surface area contributed by atoms with Crippen LogP contribution in [0.3, 0.4) is 0 Å². The number of ketones is 1. The van der Waals surface area contributed by atoms with Crippen LogP contribution in [0.5, 0.6) is 0 Å². The number of esters is 1. The van der Waals surface area contributed by atoms with Crippen molar-refractivity contribution in [1.29, 1.82) is 0 Å². The molecule has 0 bridgehead atoms. The van der Waals surface area contributed by atoms with Crippen molar-refractivity contribution in [2.24, 2.45) is 0 Å². The first-order chi connectivity index (χ1) is 8.02. The lowest BCUT2D eigenvalue weighted by Crippen LogP contribution is -2.13. The fourth-order valence-corrected chi connectivity index (χ4v) is 2.36. The molecule has 0 saturated carbocycles. The zero-order valence-corrected chi connectivity index (χ0v) is 12.7. The van der Waals surface area contributed by atoms with Crippen LogP contribution in [0.15, 0.2) is 18.2 Å². The molecule has 0 saturated heterocycles. The normalized spacial score (nSPS) is 12.0. The van der Waals surface area contributed by atoms with Crippen LogP contribution in [0.25, 0.3) is 0 Å². The van der Waals surface area contributed by atoms with E-state index >= 15 is 0 Å². The third kappa shape index (κ3) is 3.16. The lowest BCUT2D eigenvalue weighted by molar-refractivity contribution is -0.116. The summed E-state index contributed by atoms with van der Waals surface area (Å²) in [6.45, 7) is 1.47. The number of alkyl halides is 2. The number of Topliss-reactive ketones (excluding diaryl/α,β-unsaturated/α-hetero) is 1. The molecule has 0 fully saturated rings. The summed E-state index contributed by atoms with van der Waals surface area (Å²) in [6.07, 6.45) is 0. The van der Waals surface area contributed by atoms with Gasteiger partial charge in [-0.25, -0.2) is 4.79 Å². The zero-order chi connectivity index (χ0) is 13.0. The van der Waals surface area contributed by atoms with Gasteiger partial charge in [-0.1, -0.05) is 50.1 Å². The minimum atomic E-state index is -0.490. The van der Waals surface area contributed by atoms with Crippen LogP contribution in [-0.4, -0.2) is 18.9 Å². The van der Waals surface area contributed by atoms with E-state index in [0.717, 1.165) is 5.56 Å². The van der Waals surface area contributed by atoms with Crippen LogP contribution in [0.1, 0.15) is 33.2 Å². The smallest absolute Gasteiger partial charge is 0.338 e. The predicted molar refractivity (Wildman–Crippen MR) is 72.8 cm³/mol. The minimum Gasteiger partial charge on any atom is -0.465 e. The van der Waals surface area contributed by atoms with E-state index in [-0.39, 0.29) is 5.78 Å². The molecule has 1 unspecified atom stereocenters. The monoisotopic (exact) mass is 362 g/mol. The van der Waals surface area contributed by atoms with Crippen molar-refractivity contribution < 1.29 is 14.3 Å². The van der Waals surface area contributed by atoms with Gasteiger partial charge in [0.2, 0.25) is 0 Å². The highest BCUT2D eigenvalue weighted by atomic mass is 79.9. The molecule has 0 radical (unpaired) electrons. The molecule has 0 aliphatic carbocycles. The molecule has 92 valence electrons. The predicted octanol–water partition coefficient (Wildman–Crippen LogP) is 3.39. The summed E-state index contributed by atoms with van der Waals surface area (Å²) in [6, 6.07) is 5.39. The van der Waals surface area contributed by atoms with Crippen LogP contribution < -0.4 is 0 Å². The Morgan fingerprint density at radius 2 is 2.06 bits per heavy atom. The highest BCUT2D eigenvalue weighted by Crippen LogP contribution is 2.30. The van der Waals surface area contributed by atoms with Crippen molar-refractivity contribution in [3.05, 3.63) is 34.9 Å². The Labute approximate surface area is 117 Å². The van der Waals surface area contributed by atoms with Crippen LogP contribution in [0, 0.1) is 0 Å². The lowest BCUT2D eigenvalue weighted by atomic mass is 9.98. The van der Waals surface area contributed by atoms with E-state index in [9.17, 15) is 9.59 Å². The summed E-state index contributed by atoms with van der Waals surface area (Å²) >= 11 is 6.61. The van der Waals surface area contributed by atoms with Gasteiger partial charge in [0.1, 0.15) is 5.78 Å². The zero-order valence-electron chi connectivity index (χ0n) is 9.50. The molecule has 3 nitrogen and oxygen atoms in total. The molecule has 1 aromatic rings. The van der Waals surface area contributed by atoms with Crippen molar-refractivity contribution >= 4 is 43.6 Å². The largest absolute Gasteiger partial charge is 0.465 e. The van der Waals surface area contributed by atoms with Gasteiger partial charge >= 0.3 is 5.97 Å². The quantitative estimate of drug-likeness (QED) is 0.608. The van der Waals surface area contributed by atoms with Gasteiger partial charge in [0.15, 0.2) is 0 Å². The third-order valence-electron chi connectivity index (χ3n) is 2.35. The first kappa shape index (κ1) is 14.4. The number of methoxy groups -OCH3 is 1. The Bertz CT molecular complexity index is 443. The molecule has 0 aromatic heterocycles. The van der Waals surface area contributed by atoms with E-state index in [1.165, 1.54) is 14.0 Å². The molecule has 0 aliphatic rings. The van der Waals surface area contributed by atoms with Crippen molar-refractivity contribution in [2.45, 2.75) is 17.1 Å². The number of carbonyl (C=O) groups is 2. The number of ether oxygens (including phenoxy) is 1. The maximum Gasteiger partial charge on any atom is 0.338 e. The summed E-state index contributed by atoms with van der Waals surface area (Å²) in [5.74, 6) is -0.484. The van der Waals surface area contributed by atoms with Crippen molar-refractivity contribution in [2.75, 3.05) is 7.11 Å². The molecular weight excluding hydrogens is 352 g/mol. The molecule has 0 spiro atoms. The minimum absolute atomic E-state index is 0.0538. The van der Waals surface area contributed by atoms with Gasteiger partial charge in [-0.15, -0.1) is 0 Å². The molecule has 0 heterocycles. The van der Waals surface area contributed by atoms with Crippen molar-refractivity contribution in [3.63, 3.8) is 0 Å². The van der Waals surface area contributed by atoms with E-state index in [0.29, 0.717) is 16.5 Å². The lowest BCUT2D eigenvalue weighted by Gasteiger charge is -2.14. The fourth-order valence-electron chi connectivity index (χ4n) is 1.51. The summed E-state index contributed by atoms with van der Waals surface area (Å²) in [7, 11) is 1.33. The van der Waals surface area contributed by atoms with E-state index in [2.05, 4.69) is 31.9 Å². The van der Waals surface area contributed by atoms with Crippen LogP contribution in [0.4, 0.5) is 0 Å². The van der Waals surface area contributed by atoms with Crippen molar-refractivity contribution in [3.8, 4) is 0 Å². The molecular formula is C12H12Br2O3. The van der Waals surface area contributed by atoms with Gasteiger partial charge in [-0.2, -0.15) is 0 Å². The fraction of sp³-hybridized carbons (Fsp3) is 0.333. The Morgan fingerprint density at radius 1 is 1.41 bits per heavy atom. The second-order valence-electron chi connectivity index (χ2n) is 3.48. The third-order valence-corrected chi connectivity index (χ3v) is 4.09. The SMILES string of the molecule is COC(=O)c1c(CBr)cccc1C(Br)C(C)=O. The maximum atomic E-state index is 11.8. The summed E-state index contributed by atoms with van der Waals surface area (Å²) < 4.78 is 4.76. The second-order valence-corrected chi connectivity index (χ2v) is 4.96. The molecule has 0 amide bonds. The highest BCUT2D eigenvalue weighted by Gasteiger charge is 2.23. The number of carbonyl (C=O) groups excluding carboxylic acids is 2. The topological polar surface area (TPSA) is 43.4 Å².